The number of rotatable bonds is 6. The number of aliphatic carboxylic acids is 1. The van der Waals surface area contributed by atoms with E-state index in [0.29, 0.717) is 39.5 Å². The van der Waals surface area contributed by atoms with Crippen molar-refractivity contribution in [2.45, 2.75) is 44.9 Å². The number of pyridine rings is 1. The molecular weight excluding hydrogens is 358 g/mol. The first-order valence-electron chi connectivity index (χ1n) is 9.35. The number of nitrogens with one attached hydrogen (secondary N) is 1. The van der Waals surface area contributed by atoms with Gasteiger partial charge in [-0.1, -0.05) is 37.2 Å². The van der Waals surface area contributed by atoms with Gasteiger partial charge in [0.05, 0.1) is 23.1 Å². The number of carboxylic acids is 1. The van der Waals surface area contributed by atoms with Crippen LogP contribution >= 0.6 is 0 Å². The predicted octanol–water partition coefficient (Wildman–Crippen LogP) is 4.10. The van der Waals surface area contributed by atoms with E-state index in [1.807, 2.05) is 19.9 Å². The lowest BCUT2D eigenvalue weighted by Gasteiger charge is -2.12. The third-order valence-corrected chi connectivity index (χ3v) is 4.89. The number of carbonyl (C=O) groups is 2. The lowest BCUT2D eigenvalue weighted by molar-refractivity contribution is -0.136. The van der Waals surface area contributed by atoms with E-state index in [2.05, 4.69) is 15.5 Å². The van der Waals surface area contributed by atoms with Gasteiger partial charge in [-0.3, -0.25) is 9.59 Å². The van der Waals surface area contributed by atoms with Gasteiger partial charge in [0.2, 0.25) is 0 Å². The second-order valence-corrected chi connectivity index (χ2v) is 7.45. The van der Waals surface area contributed by atoms with E-state index in [-0.39, 0.29) is 18.2 Å². The second kappa shape index (κ2) is 7.07. The zero-order valence-corrected chi connectivity index (χ0v) is 15.7. The van der Waals surface area contributed by atoms with E-state index in [1.165, 1.54) is 0 Å². The quantitative estimate of drug-likeness (QED) is 0.668. The smallest absolute Gasteiger partial charge is 0.307 e. The molecule has 0 bridgehead atoms. The van der Waals surface area contributed by atoms with Crippen molar-refractivity contribution in [2.24, 2.45) is 0 Å². The third kappa shape index (κ3) is 3.47. The van der Waals surface area contributed by atoms with E-state index in [0.717, 1.165) is 18.5 Å². The first-order chi connectivity index (χ1) is 13.4. The summed E-state index contributed by atoms with van der Waals surface area (Å²) in [6.45, 7) is 3.96. The zero-order valence-electron chi connectivity index (χ0n) is 15.7. The summed E-state index contributed by atoms with van der Waals surface area (Å²) in [5.41, 5.74) is 3.39. The average Bonchev–Trinajstić information content (AvgIpc) is 3.41. The second-order valence-electron chi connectivity index (χ2n) is 7.45. The van der Waals surface area contributed by atoms with Crippen LogP contribution < -0.4 is 5.32 Å². The maximum Gasteiger partial charge on any atom is 0.307 e. The highest BCUT2D eigenvalue weighted by atomic mass is 16.5. The maximum absolute atomic E-state index is 13.2. The van der Waals surface area contributed by atoms with Crippen molar-refractivity contribution in [3.05, 3.63) is 52.8 Å². The molecule has 7 nitrogen and oxygen atoms in total. The fraction of sp³-hybridized carbons (Fsp3) is 0.333. The SMILES string of the molecule is CC(C)c1noc2nc(C3CC3)cc(C(=O)Nc3ccccc3CC(=O)O)c12. The molecule has 28 heavy (non-hydrogen) atoms. The molecule has 1 aliphatic rings. The molecule has 0 spiro atoms. The summed E-state index contributed by atoms with van der Waals surface area (Å²) in [6.07, 6.45) is 1.93. The Morgan fingerprint density at radius 1 is 1.29 bits per heavy atom. The van der Waals surface area contributed by atoms with Crippen molar-refractivity contribution in [1.82, 2.24) is 10.1 Å². The Morgan fingerprint density at radius 2 is 2.04 bits per heavy atom. The van der Waals surface area contributed by atoms with Crippen LogP contribution in [0.4, 0.5) is 5.69 Å². The molecule has 1 aliphatic carbocycles. The van der Waals surface area contributed by atoms with Crippen molar-refractivity contribution < 1.29 is 19.2 Å². The van der Waals surface area contributed by atoms with Crippen LogP contribution in [0.1, 0.15) is 65.8 Å². The molecule has 0 saturated heterocycles. The minimum absolute atomic E-state index is 0.0701. The molecule has 0 radical (unpaired) electrons. The number of aromatic nitrogens is 2. The number of hydrogen-bond acceptors (Lipinski definition) is 5. The van der Waals surface area contributed by atoms with Crippen LogP contribution in [0.2, 0.25) is 0 Å². The molecule has 3 aromatic rings. The zero-order chi connectivity index (χ0) is 19.8. The number of nitrogens with zero attached hydrogens (tertiary/aromatic N) is 2. The average molecular weight is 379 g/mol. The van der Waals surface area contributed by atoms with Crippen molar-refractivity contribution in [3.8, 4) is 0 Å². The van der Waals surface area contributed by atoms with E-state index in [1.54, 1.807) is 24.3 Å². The molecule has 1 aromatic carbocycles. The van der Waals surface area contributed by atoms with Gasteiger partial charge in [0.1, 0.15) is 0 Å². The van der Waals surface area contributed by atoms with E-state index < -0.39 is 5.97 Å². The Labute approximate surface area is 161 Å². The van der Waals surface area contributed by atoms with Crippen LogP contribution in [0.3, 0.4) is 0 Å². The fourth-order valence-electron chi connectivity index (χ4n) is 3.30. The summed E-state index contributed by atoms with van der Waals surface area (Å²) in [5.74, 6) is -0.856. The summed E-state index contributed by atoms with van der Waals surface area (Å²) in [6, 6.07) is 8.73. The Morgan fingerprint density at radius 3 is 2.71 bits per heavy atom. The Bertz CT molecular complexity index is 1070. The third-order valence-electron chi connectivity index (χ3n) is 4.89. The normalized spacial score (nSPS) is 13.8. The molecule has 0 unspecified atom stereocenters. The van der Waals surface area contributed by atoms with E-state index in [9.17, 15) is 9.59 Å². The van der Waals surface area contributed by atoms with Gasteiger partial charge in [-0.05, 0) is 36.5 Å². The highest BCUT2D eigenvalue weighted by molar-refractivity contribution is 6.12. The van der Waals surface area contributed by atoms with Crippen LogP contribution in [0.5, 0.6) is 0 Å². The van der Waals surface area contributed by atoms with Crippen LogP contribution in [0.15, 0.2) is 34.9 Å². The van der Waals surface area contributed by atoms with Gasteiger partial charge in [-0.15, -0.1) is 0 Å². The molecule has 7 heteroatoms. The van der Waals surface area contributed by atoms with Crippen LogP contribution in [0, 0.1) is 0 Å². The summed E-state index contributed by atoms with van der Waals surface area (Å²) in [7, 11) is 0. The summed E-state index contributed by atoms with van der Waals surface area (Å²) in [5, 5.41) is 16.7. The predicted molar refractivity (Wildman–Crippen MR) is 104 cm³/mol. The van der Waals surface area contributed by atoms with Crippen molar-refractivity contribution in [2.75, 3.05) is 5.32 Å². The lowest BCUT2D eigenvalue weighted by atomic mass is 10.0. The standard InChI is InChI=1S/C21H21N3O4/c1-11(2)19-18-14(10-16(12-7-8-12)23-21(18)28-24-19)20(27)22-15-6-4-3-5-13(15)9-17(25)26/h3-6,10-12H,7-9H2,1-2H3,(H,22,27)(H,25,26). The molecule has 1 saturated carbocycles. The molecule has 2 heterocycles. The topological polar surface area (TPSA) is 105 Å². The summed E-state index contributed by atoms with van der Waals surface area (Å²) >= 11 is 0. The fourth-order valence-corrected chi connectivity index (χ4v) is 3.30. The molecule has 0 atom stereocenters. The van der Waals surface area contributed by atoms with Gasteiger partial charge in [-0.2, -0.15) is 0 Å². The van der Waals surface area contributed by atoms with E-state index in [4.69, 9.17) is 9.63 Å². The Balaban J connectivity index is 1.77. The summed E-state index contributed by atoms with van der Waals surface area (Å²) < 4.78 is 5.43. The first-order valence-corrected chi connectivity index (χ1v) is 9.35. The van der Waals surface area contributed by atoms with Gasteiger partial charge < -0.3 is 14.9 Å². The minimum Gasteiger partial charge on any atom is -0.481 e. The van der Waals surface area contributed by atoms with Crippen molar-refractivity contribution in [1.29, 1.82) is 0 Å². The Kier molecular flexibility index (Phi) is 4.58. The number of hydrogen-bond donors (Lipinski definition) is 2. The summed E-state index contributed by atoms with van der Waals surface area (Å²) in [4.78, 5) is 28.9. The number of anilines is 1. The van der Waals surface area contributed by atoms with Crippen LogP contribution in [0.25, 0.3) is 11.1 Å². The number of amides is 1. The molecule has 2 N–H and O–H groups in total. The minimum atomic E-state index is -0.954. The van der Waals surface area contributed by atoms with Crippen LogP contribution in [-0.2, 0) is 11.2 Å². The van der Waals surface area contributed by atoms with E-state index >= 15 is 0 Å². The number of carbonyl (C=O) groups excluding carboxylic acids is 1. The molecule has 1 fully saturated rings. The number of para-hydroxylation sites is 1. The molecule has 2 aromatic heterocycles. The molecule has 1 amide bonds. The molecule has 4 rings (SSSR count). The highest BCUT2D eigenvalue weighted by Crippen LogP contribution is 2.41. The van der Waals surface area contributed by atoms with Crippen LogP contribution in [-0.4, -0.2) is 27.1 Å². The van der Waals surface area contributed by atoms with Crippen molar-refractivity contribution >= 4 is 28.7 Å². The molecule has 144 valence electrons. The van der Waals surface area contributed by atoms with Gasteiger partial charge in [0.25, 0.3) is 11.6 Å². The maximum atomic E-state index is 13.2. The monoisotopic (exact) mass is 379 g/mol. The van der Waals surface area contributed by atoms with Gasteiger partial charge in [0, 0.05) is 17.3 Å². The highest BCUT2D eigenvalue weighted by Gasteiger charge is 2.29. The molecule has 0 aliphatic heterocycles. The van der Waals surface area contributed by atoms with Gasteiger partial charge in [0.15, 0.2) is 0 Å². The van der Waals surface area contributed by atoms with Gasteiger partial charge in [-0.25, -0.2) is 4.98 Å². The lowest BCUT2D eigenvalue weighted by Crippen LogP contribution is -2.16. The van der Waals surface area contributed by atoms with Gasteiger partial charge >= 0.3 is 5.97 Å². The largest absolute Gasteiger partial charge is 0.481 e. The first kappa shape index (κ1) is 18.2. The number of fused-ring (bicyclic) bond motifs is 1. The molecular formula is C21H21N3O4. The number of carboxylic acid groups (broad SMARTS) is 1. The van der Waals surface area contributed by atoms with Crippen molar-refractivity contribution in [3.63, 3.8) is 0 Å². The number of benzene rings is 1. The Hall–Kier alpha value is -3.22.